The van der Waals surface area contributed by atoms with E-state index in [9.17, 15) is 0 Å². The largest absolute Gasteiger partial charge is 0.309 e. The summed E-state index contributed by atoms with van der Waals surface area (Å²) in [5.74, 6) is 0. The highest BCUT2D eigenvalue weighted by molar-refractivity contribution is 6.14. The molecule has 0 N–H and O–H groups in total. The molecule has 0 atom stereocenters. The van der Waals surface area contributed by atoms with E-state index in [0.29, 0.717) is 0 Å². The quantitative estimate of drug-likeness (QED) is 0.312. The first kappa shape index (κ1) is 14.5. The summed E-state index contributed by atoms with van der Waals surface area (Å²) in [4.78, 5) is 4.73. The molecule has 0 aliphatic carbocycles. The van der Waals surface area contributed by atoms with E-state index in [1.807, 2.05) is 12.3 Å². The fourth-order valence-corrected chi connectivity index (χ4v) is 4.26. The van der Waals surface area contributed by atoms with Crippen LogP contribution in [0, 0.1) is 0 Å². The lowest BCUT2D eigenvalue weighted by atomic mass is 10.0. The molecule has 2 nitrogen and oxygen atoms in total. The summed E-state index contributed by atoms with van der Waals surface area (Å²) in [6.07, 6.45) is 1.88. The second-order valence-corrected chi connectivity index (χ2v) is 6.89. The lowest BCUT2D eigenvalue weighted by Gasteiger charge is -2.13. The van der Waals surface area contributed by atoms with E-state index in [1.165, 1.54) is 43.7 Å². The second kappa shape index (κ2) is 5.42. The van der Waals surface area contributed by atoms with E-state index in [0.717, 1.165) is 5.52 Å². The third-order valence-electron chi connectivity index (χ3n) is 5.41. The topological polar surface area (TPSA) is 17.8 Å². The molecule has 2 heterocycles. The second-order valence-electron chi connectivity index (χ2n) is 6.89. The maximum Gasteiger partial charge on any atom is 0.0801 e. The zero-order valence-corrected chi connectivity index (χ0v) is 14.6. The molecule has 0 unspecified atom stereocenters. The summed E-state index contributed by atoms with van der Waals surface area (Å²) in [5.41, 5.74) is 4.67. The Bertz CT molecular complexity index is 1420. The SMILES string of the molecule is c1cnc2c(c1)ccc1cccc(-n3c4ccccc4c4ccccc43)c12. The maximum atomic E-state index is 4.73. The Morgan fingerprint density at radius 1 is 0.556 bits per heavy atom. The molecular weight excluding hydrogens is 328 g/mol. The number of fused-ring (bicyclic) bond motifs is 6. The molecule has 0 spiro atoms. The van der Waals surface area contributed by atoms with Gasteiger partial charge in [0, 0.05) is 27.7 Å². The van der Waals surface area contributed by atoms with Gasteiger partial charge < -0.3 is 4.57 Å². The molecule has 0 bridgehead atoms. The lowest BCUT2D eigenvalue weighted by molar-refractivity contribution is 1.20. The molecule has 2 aromatic heterocycles. The van der Waals surface area contributed by atoms with Crippen LogP contribution >= 0.6 is 0 Å². The van der Waals surface area contributed by atoms with Crippen LogP contribution in [-0.4, -0.2) is 9.55 Å². The Morgan fingerprint density at radius 2 is 1.22 bits per heavy atom. The molecule has 2 heteroatoms. The standard InChI is InChI=1S/C25H16N2/c1-3-11-21-19(9-1)20-10-2-4-12-22(20)27(21)23-13-5-7-17-14-15-18-8-6-16-26-25(18)24(17)23/h1-16H. The zero-order chi connectivity index (χ0) is 17.8. The van der Waals surface area contributed by atoms with Crippen LogP contribution in [-0.2, 0) is 0 Å². The summed E-state index contributed by atoms with van der Waals surface area (Å²) < 4.78 is 2.38. The number of nitrogens with zero attached hydrogens (tertiary/aromatic N) is 2. The summed E-state index contributed by atoms with van der Waals surface area (Å²) >= 11 is 0. The third-order valence-corrected chi connectivity index (χ3v) is 5.41. The van der Waals surface area contributed by atoms with Crippen molar-refractivity contribution in [3.8, 4) is 5.69 Å². The summed E-state index contributed by atoms with van der Waals surface area (Å²) in [6, 6.07) is 32.2. The monoisotopic (exact) mass is 344 g/mol. The molecule has 27 heavy (non-hydrogen) atoms. The number of aromatic nitrogens is 2. The number of para-hydroxylation sites is 2. The molecule has 0 saturated carbocycles. The smallest absolute Gasteiger partial charge is 0.0801 e. The number of benzene rings is 4. The van der Waals surface area contributed by atoms with E-state index >= 15 is 0 Å². The van der Waals surface area contributed by atoms with Crippen LogP contribution < -0.4 is 0 Å². The highest BCUT2D eigenvalue weighted by atomic mass is 15.0. The van der Waals surface area contributed by atoms with Crippen LogP contribution in [0.5, 0.6) is 0 Å². The molecule has 0 amide bonds. The summed E-state index contributed by atoms with van der Waals surface area (Å²) in [7, 11) is 0. The van der Waals surface area contributed by atoms with Crippen molar-refractivity contribution < 1.29 is 0 Å². The molecule has 126 valence electrons. The van der Waals surface area contributed by atoms with Gasteiger partial charge in [-0.3, -0.25) is 4.98 Å². The van der Waals surface area contributed by atoms with Gasteiger partial charge >= 0.3 is 0 Å². The molecule has 4 aromatic carbocycles. The minimum atomic E-state index is 1.05. The Morgan fingerprint density at radius 3 is 2.00 bits per heavy atom. The van der Waals surface area contributed by atoms with Crippen molar-refractivity contribution in [3.05, 3.63) is 97.2 Å². The van der Waals surface area contributed by atoms with E-state index in [-0.39, 0.29) is 0 Å². The van der Waals surface area contributed by atoms with Crippen molar-refractivity contribution in [2.45, 2.75) is 0 Å². The van der Waals surface area contributed by atoms with Crippen LogP contribution in [0.15, 0.2) is 97.2 Å². The molecule has 0 fully saturated rings. The number of pyridine rings is 1. The first-order valence-electron chi connectivity index (χ1n) is 9.17. The van der Waals surface area contributed by atoms with E-state index in [2.05, 4.69) is 89.5 Å². The number of hydrogen-bond acceptors (Lipinski definition) is 1. The molecule has 0 saturated heterocycles. The van der Waals surface area contributed by atoms with E-state index in [4.69, 9.17) is 4.98 Å². The normalized spacial score (nSPS) is 11.7. The van der Waals surface area contributed by atoms with Gasteiger partial charge in [-0.2, -0.15) is 0 Å². The minimum Gasteiger partial charge on any atom is -0.309 e. The van der Waals surface area contributed by atoms with Gasteiger partial charge in [0.1, 0.15) is 0 Å². The zero-order valence-electron chi connectivity index (χ0n) is 14.6. The van der Waals surface area contributed by atoms with Gasteiger partial charge in [-0.15, -0.1) is 0 Å². The van der Waals surface area contributed by atoms with E-state index < -0.39 is 0 Å². The van der Waals surface area contributed by atoms with Crippen molar-refractivity contribution in [3.63, 3.8) is 0 Å². The Kier molecular flexibility index (Phi) is 2.91. The van der Waals surface area contributed by atoms with Gasteiger partial charge in [-0.1, -0.05) is 66.7 Å². The van der Waals surface area contributed by atoms with Crippen LogP contribution in [0.25, 0.3) is 49.2 Å². The predicted molar refractivity (Wildman–Crippen MR) is 114 cm³/mol. The van der Waals surface area contributed by atoms with Crippen molar-refractivity contribution in [1.29, 1.82) is 0 Å². The molecule has 0 radical (unpaired) electrons. The van der Waals surface area contributed by atoms with Gasteiger partial charge in [0.05, 0.1) is 22.2 Å². The highest BCUT2D eigenvalue weighted by Crippen LogP contribution is 2.36. The molecule has 6 rings (SSSR count). The molecule has 0 aliphatic heterocycles. The van der Waals surface area contributed by atoms with Crippen molar-refractivity contribution in [1.82, 2.24) is 9.55 Å². The number of rotatable bonds is 1. The minimum absolute atomic E-state index is 1.05. The van der Waals surface area contributed by atoms with Gasteiger partial charge in [0.2, 0.25) is 0 Å². The van der Waals surface area contributed by atoms with Crippen LogP contribution in [0.2, 0.25) is 0 Å². The van der Waals surface area contributed by atoms with E-state index in [1.54, 1.807) is 0 Å². The van der Waals surface area contributed by atoms with Crippen LogP contribution in [0.4, 0.5) is 0 Å². The van der Waals surface area contributed by atoms with Crippen molar-refractivity contribution in [2.75, 3.05) is 0 Å². The average molecular weight is 344 g/mol. The Hall–Kier alpha value is -3.65. The first-order chi connectivity index (χ1) is 13.4. The van der Waals surface area contributed by atoms with Crippen molar-refractivity contribution in [2.24, 2.45) is 0 Å². The van der Waals surface area contributed by atoms with Crippen LogP contribution in [0.3, 0.4) is 0 Å². The Labute approximate surface area is 156 Å². The van der Waals surface area contributed by atoms with Crippen LogP contribution in [0.1, 0.15) is 0 Å². The fraction of sp³-hybridized carbons (Fsp3) is 0. The maximum absolute atomic E-state index is 4.73. The molecule has 6 aromatic rings. The summed E-state index contributed by atoms with van der Waals surface area (Å²) in [6.45, 7) is 0. The molecular formula is C25H16N2. The van der Waals surface area contributed by atoms with Gasteiger partial charge in [-0.25, -0.2) is 0 Å². The van der Waals surface area contributed by atoms with Gasteiger partial charge in [0.25, 0.3) is 0 Å². The Balaban J connectivity index is 1.88. The average Bonchev–Trinajstić information content (AvgIpc) is 3.07. The molecule has 0 aliphatic rings. The number of hydrogen-bond donors (Lipinski definition) is 0. The third kappa shape index (κ3) is 1.98. The first-order valence-corrected chi connectivity index (χ1v) is 9.17. The highest BCUT2D eigenvalue weighted by Gasteiger charge is 2.15. The predicted octanol–water partition coefficient (Wildman–Crippen LogP) is 6.49. The van der Waals surface area contributed by atoms with Crippen molar-refractivity contribution >= 4 is 43.5 Å². The van der Waals surface area contributed by atoms with Gasteiger partial charge in [-0.05, 0) is 29.7 Å². The fourth-order valence-electron chi connectivity index (χ4n) is 4.26. The lowest BCUT2D eigenvalue weighted by Crippen LogP contribution is -1.96. The summed E-state index contributed by atoms with van der Waals surface area (Å²) in [5, 5.41) is 6.12. The van der Waals surface area contributed by atoms with Gasteiger partial charge in [0.15, 0.2) is 0 Å².